The highest BCUT2D eigenvalue weighted by atomic mass is 35.5. The molecule has 5 aromatic carbocycles. The number of halogens is 6. The summed E-state index contributed by atoms with van der Waals surface area (Å²) in [6.45, 7) is 5.96. The lowest BCUT2D eigenvalue weighted by Gasteiger charge is -2.14. The van der Waals surface area contributed by atoms with Crippen molar-refractivity contribution in [1.82, 2.24) is 99.6 Å². The smallest absolute Gasteiger partial charge is 0.373 e. The number of H-pyrrole nitrogens is 2. The van der Waals surface area contributed by atoms with Gasteiger partial charge in [0.25, 0.3) is 0 Å². The Morgan fingerprint density at radius 1 is 0.449 bits per heavy atom. The maximum atomic E-state index is 14.0. The lowest BCUT2D eigenvalue weighted by Crippen LogP contribution is -2.31. The van der Waals surface area contributed by atoms with Crippen LogP contribution in [0.15, 0.2) is 233 Å². The van der Waals surface area contributed by atoms with Crippen molar-refractivity contribution in [1.29, 1.82) is 5.41 Å². The number of hydrogen-bond acceptors (Lipinski definition) is 30. The van der Waals surface area contributed by atoms with E-state index >= 15 is 0 Å². The number of nitrogens with zero attached hydrogens (tertiary/aromatic N) is 20. The Balaban J connectivity index is 0.000000280. The molecule has 15 aromatic rings. The fourth-order valence-corrected chi connectivity index (χ4v) is 14.9. The van der Waals surface area contributed by atoms with Crippen molar-refractivity contribution in [3.63, 3.8) is 0 Å². The largest absolute Gasteiger partial charge is 0.411 e. The van der Waals surface area contributed by atoms with Crippen molar-refractivity contribution < 1.29 is 103 Å². The van der Waals surface area contributed by atoms with Gasteiger partial charge in [-0.2, -0.15) is 119 Å². The molecular weight excluding hydrogens is 1890 g/mol. The molecule has 15 rings (SSSR count). The third-order valence-electron chi connectivity index (χ3n) is 18.4. The van der Waals surface area contributed by atoms with E-state index in [9.17, 15) is 55.6 Å². The van der Waals surface area contributed by atoms with Crippen LogP contribution in [0, 0.1) is 34.5 Å². The van der Waals surface area contributed by atoms with Crippen LogP contribution in [0.1, 0.15) is 99.3 Å². The zero-order valence-corrected chi connectivity index (χ0v) is 78.4. The number of nitrogens with one attached hydrogen (secondary N) is 3. The Morgan fingerprint density at radius 2 is 0.831 bits per heavy atom. The number of hydrogen-bond donors (Lipinski definition) is 5. The molecule has 0 aliphatic heterocycles. The van der Waals surface area contributed by atoms with E-state index in [2.05, 4.69) is 73.4 Å². The molecule has 0 saturated carbocycles. The van der Waals surface area contributed by atoms with E-state index in [0.717, 1.165) is 75.0 Å². The second-order valence-electron chi connectivity index (χ2n) is 27.8. The van der Waals surface area contributed by atoms with Gasteiger partial charge in [0, 0.05) is 153 Å². The first kappa shape index (κ1) is 111. The molecule has 52 heteroatoms. The van der Waals surface area contributed by atoms with Crippen LogP contribution >= 0.6 is 12.4 Å². The Labute approximate surface area is 782 Å². The van der Waals surface area contributed by atoms with Crippen LogP contribution < -0.4 is 5.73 Å². The van der Waals surface area contributed by atoms with Crippen LogP contribution in [-0.4, -0.2) is 225 Å². The van der Waals surface area contributed by atoms with Crippen LogP contribution in [0.2, 0.25) is 0 Å². The lowest BCUT2D eigenvalue weighted by atomic mass is 10.1. The standard InChI is InChI=1S/C15H15FN4O3S.C14H12FN5O.C14H18FN3O2S.C13H15FN4O3S.C13H10FN3O.C7H13N3O2S.C5H8N2.3CO2.ClH/c1-19(2)24(21,22)20-15(9-11-5-3-4-6-13(11)16)12(10-17-20)14-7-8-23-18-14;15-11-4-2-1-3-9(11)7-13-10(12-5-6-21-19-12)8-20(18-13)14(16)17;1-4-11-10-16-18(21(19,20)17(2)3)14(11)9-12-7-5-6-8-13(12)15;1-17(2)22(20,21)18-13(11(8-15-18)9-16-19)7-10-5-3-4-6-12(10)14;14-11-4-2-1-3-9(11)7-13-10(8-15-16-13)12-5-6-18-17-12;1-4-7-5-8-10(6-7)13(11,12)9(2)3;1-2-5-3-6-7-4-5;3*2-1-3;/h3-8,10H,9H2,1-2H3;1-6,8H,7H2,(H3,16,17);5-8,10H,4,9H2,1-3H3;3-6,8-9,19H,7H2,1-2H3;1-6,8H,7H2,(H,15,16);5-6H,4H2,1-3H3;3-4H,2H2,1H3,(H,6,7);;;;1H/b;;;16-9+;;;;;;;. The molecule has 136 heavy (non-hydrogen) atoms. The maximum absolute atomic E-state index is 14.0. The minimum Gasteiger partial charge on any atom is -0.411 e. The summed E-state index contributed by atoms with van der Waals surface area (Å²) in [5, 5.41) is 63.6. The molecule has 0 bridgehead atoms. The molecule has 0 spiro atoms. The van der Waals surface area contributed by atoms with Crippen molar-refractivity contribution in [2.75, 3.05) is 56.4 Å². The molecule has 0 atom stereocenters. The highest BCUT2D eigenvalue weighted by molar-refractivity contribution is 7.88. The van der Waals surface area contributed by atoms with Gasteiger partial charge in [-0.15, -0.1) is 24.7 Å². The topological polar surface area (TPSA) is 559 Å². The van der Waals surface area contributed by atoms with Crippen molar-refractivity contribution in [3.05, 3.63) is 322 Å². The van der Waals surface area contributed by atoms with Gasteiger partial charge in [-0.1, -0.05) is 132 Å². The van der Waals surface area contributed by atoms with Gasteiger partial charge < -0.3 is 24.5 Å². The van der Waals surface area contributed by atoms with Gasteiger partial charge in [0.2, 0.25) is 5.96 Å². The van der Waals surface area contributed by atoms with E-state index < -0.39 is 52.5 Å². The third kappa shape index (κ3) is 31.0. The summed E-state index contributed by atoms with van der Waals surface area (Å²) in [4.78, 5) is 48.8. The van der Waals surface area contributed by atoms with Gasteiger partial charge in [-0.25, -0.2) is 26.6 Å². The summed E-state index contributed by atoms with van der Waals surface area (Å²) in [7, 11) is -3.49. The SMILES string of the molecule is CCc1cn[nH]c1.CCc1cnn(S(=O)(=O)N(C)C)c1.CCc1cnn(S(=O)(=O)N(C)C)c1Cc1ccccc1F.CN(C)S(=O)(=O)n1ncc(-c2ccon2)c1Cc1ccccc1F.CN(C)S(=O)(=O)n1ncc(/C=N/O)c1Cc1ccccc1F.Cl.Fc1ccccc1Cc1[nH]ncc1-c1ccon1.N=C(N)n1cc(-c2ccon2)c(Cc2ccccc2F)n1.O=C=O.O=C=O.O=C=O. The monoisotopic (exact) mass is 1980 g/mol. The molecule has 722 valence electrons. The number of carbonyl (C=O) groups excluding carboxylic acids is 6. The fourth-order valence-electron chi connectivity index (χ4n) is 11.4. The van der Waals surface area contributed by atoms with Crippen LogP contribution in [0.25, 0.3) is 33.8 Å². The summed E-state index contributed by atoms with van der Waals surface area (Å²) in [5.41, 5.74) is 17.0. The number of rotatable bonds is 25. The molecular formula is C84H92ClF5N24O18S4. The van der Waals surface area contributed by atoms with Gasteiger partial charge >= 0.3 is 59.3 Å². The molecule has 0 unspecified atom stereocenters. The van der Waals surface area contributed by atoms with Gasteiger partial charge in [-0.05, 0) is 94.1 Å². The molecule has 0 aliphatic rings. The average Bonchev–Trinajstić information content (AvgIpc) is 1.62. The first-order valence-corrected chi connectivity index (χ1v) is 44.8. The lowest BCUT2D eigenvalue weighted by molar-refractivity contribution is -0.193. The quantitative estimate of drug-likeness (QED) is 0.0117. The van der Waals surface area contributed by atoms with Gasteiger partial charge in [0.05, 0.1) is 66.2 Å². The fraction of sp³-hybridized carbons (Fsp3) is 0.226. The van der Waals surface area contributed by atoms with Crippen molar-refractivity contribution in [3.8, 4) is 33.8 Å². The zero-order chi connectivity index (χ0) is 99.8. The normalized spacial score (nSPS) is 10.9. The number of benzene rings is 5. The first-order chi connectivity index (χ1) is 64.3. The van der Waals surface area contributed by atoms with E-state index in [1.807, 2.05) is 32.3 Å². The van der Waals surface area contributed by atoms with Gasteiger partial charge in [0.15, 0.2) is 0 Å². The van der Waals surface area contributed by atoms with Crippen LogP contribution in [-0.2, 0) is 121 Å². The Hall–Kier alpha value is -15.1. The molecule has 0 fully saturated rings. The molecule has 10 heterocycles. The summed E-state index contributed by atoms with van der Waals surface area (Å²) in [6, 6.07) is 36.7. The van der Waals surface area contributed by atoms with Gasteiger partial charge in [-0.3, -0.25) is 15.6 Å². The molecule has 42 nitrogen and oxygen atoms in total. The maximum Gasteiger partial charge on any atom is 0.373 e. The number of aromatic nitrogens is 17. The summed E-state index contributed by atoms with van der Waals surface area (Å²) >= 11 is 0. The zero-order valence-electron chi connectivity index (χ0n) is 74.3. The number of nitrogens with two attached hydrogens (primary N) is 1. The molecule has 0 amide bonds. The molecule has 0 saturated heterocycles. The third-order valence-corrected chi connectivity index (χ3v) is 25.0. The van der Waals surface area contributed by atoms with E-state index in [1.54, 1.807) is 122 Å². The molecule has 10 aromatic heterocycles. The molecule has 0 aliphatic carbocycles. The minimum absolute atomic E-state index is 0. The van der Waals surface area contributed by atoms with Crippen molar-refractivity contribution >= 4 is 83.9 Å². The predicted molar refractivity (Wildman–Crippen MR) is 480 cm³/mol. The highest BCUT2D eigenvalue weighted by Gasteiger charge is 2.29. The number of oxime groups is 1. The summed E-state index contributed by atoms with van der Waals surface area (Å²) in [6.07, 6.45) is 23.7. The van der Waals surface area contributed by atoms with Gasteiger partial charge in [0.1, 0.15) is 65.0 Å². The van der Waals surface area contributed by atoms with Crippen molar-refractivity contribution in [2.45, 2.75) is 72.1 Å². The highest BCUT2D eigenvalue weighted by Crippen LogP contribution is 2.30. The summed E-state index contributed by atoms with van der Waals surface area (Å²) in [5.74, 6) is -1.98. The van der Waals surface area contributed by atoms with Crippen LogP contribution in [0.4, 0.5) is 22.0 Å². The van der Waals surface area contributed by atoms with Crippen LogP contribution in [0.5, 0.6) is 0 Å². The Kier molecular flexibility index (Phi) is 44.3. The number of aryl methyl sites for hydroxylation is 3. The number of aromatic amines is 2. The molecule has 0 radical (unpaired) electrons. The Bertz CT molecular complexity index is 6870. The molecule has 6 N–H and O–H groups in total. The van der Waals surface area contributed by atoms with E-state index in [4.69, 9.17) is 58.7 Å². The van der Waals surface area contributed by atoms with E-state index in [-0.39, 0.29) is 91.2 Å². The second-order valence-corrected chi connectivity index (χ2v) is 35.7. The van der Waals surface area contributed by atoms with E-state index in [1.165, 1.54) is 141 Å². The number of nitrogen functional groups attached to an aromatic ring is 1. The minimum atomic E-state index is -3.86. The Morgan fingerprint density at radius 3 is 1.21 bits per heavy atom. The summed E-state index contributed by atoms with van der Waals surface area (Å²) < 4.78 is 190. The van der Waals surface area contributed by atoms with Crippen LogP contribution in [0.3, 0.4) is 0 Å². The van der Waals surface area contributed by atoms with Crippen molar-refractivity contribution in [2.24, 2.45) is 10.9 Å². The predicted octanol–water partition coefficient (Wildman–Crippen LogP) is 9.38. The van der Waals surface area contributed by atoms with E-state index in [0.29, 0.717) is 85.9 Å². The average molecular weight is 1980 g/mol. The second kappa shape index (κ2) is 54.1. The first-order valence-electron chi connectivity index (χ1n) is 39.2.